The van der Waals surface area contributed by atoms with Crippen molar-refractivity contribution in [2.45, 2.75) is 24.9 Å². The average molecular weight is 380 g/mol. The van der Waals surface area contributed by atoms with E-state index in [1.165, 1.54) is 17.5 Å². The minimum atomic E-state index is -3.57. The van der Waals surface area contributed by atoms with Crippen molar-refractivity contribution in [1.29, 1.82) is 0 Å². The van der Waals surface area contributed by atoms with Gasteiger partial charge in [0, 0.05) is 17.5 Å². The van der Waals surface area contributed by atoms with E-state index < -0.39 is 10.0 Å². The summed E-state index contributed by atoms with van der Waals surface area (Å²) in [6.07, 6.45) is 1.47. The molecule has 0 fully saturated rings. The van der Waals surface area contributed by atoms with Crippen LogP contribution in [-0.2, 0) is 23.1 Å². The van der Waals surface area contributed by atoms with Gasteiger partial charge in [-0.25, -0.2) is 13.1 Å². The quantitative estimate of drug-likeness (QED) is 0.769. The van der Waals surface area contributed by atoms with Crippen molar-refractivity contribution >= 4 is 37.3 Å². The molecule has 6 nitrogen and oxygen atoms in total. The predicted molar refractivity (Wildman–Crippen MR) is 79.9 cm³/mol. The highest BCUT2D eigenvalue weighted by Gasteiger charge is 2.21. The van der Waals surface area contributed by atoms with Crippen molar-refractivity contribution in [2.75, 3.05) is 6.54 Å². The van der Waals surface area contributed by atoms with Crippen molar-refractivity contribution in [2.24, 2.45) is 0 Å². The molecule has 2 N–H and O–H groups in total. The molecule has 20 heavy (non-hydrogen) atoms. The van der Waals surface area contributed by atoms with Crippen LogP contribution < -0.4 is 10.0 Å². The normalized spacial score (nSPS) is 11.9. The number of hydrogen-bond donors (Lipinski definition) is 2. The smallest absolute Gasteiger partial charge is 0.242 e. The Balaban J connectivity index is 2.10. The minimum absolute atomic E-state index is 0.0766. The Morgan fingerprint density at radius 1 is 1.45 bits per heavy atom. The lowest BCUT2D eigenvalue weighted by Crippen LogP contribution is -2.22. The van der Waals surface area contributed by atoms with Crippen LogP contribution in [0, 0.1) is 0 Å². The highest BCUT2D eigenvalue weighted by Crippen LogP contribution is 2.31. The van der Waals surface area contributed by atoms with E-state index in [-0.39, 0.29) is 11.4 Å². The van der Waals surface area contributed by atoms with E-state index in [4.69, 9.17) is 4.52 Å². The highest BCUT2D eigenvalue weighted by molar-refractivity contribution is 9.11. The molecular weight excluding hydrogens is 366 g/mol. The average Bonchev–Trinajstić information content (AvgIpc) is 3.03. The summed E-state index contributed by atoms with van der Waals surface area (Å²) < 4.78 is 32.4. The van der Waals surface area contributed by atoms with Crippen LogP contribution >= 0.6 is 27.3 Å². The molecule has 9 heteroatoms. The first-order chi connectivity index (χ1) is 9.53. The van der Waals surface area contributed by atoms with Crippen LogP contribution in [0.3, 0.4) is 0 Å². The summed E-state index contributed by atoms with van der Waals surface area (Å²) in [5.41, 5.74) is 0. The standard InChI is InChI=1S/C11H14BrN3O3S2/c1-2-13-7-9-5-10(11(12)19-9)20(16,17)15-6-8-3-4-14-18-8/h3-5,13,15H,2,6-7H2,1H3. The second-order valence-corrected chi connectivity index (χ2v) is 8.12. The number of halogens is 1. The first kappa shape index (κ1) is 15.6. The number of hydrogen-bond acceptors (Lipinski definition) is 6. The van der Waals surface area contributed by atoms with Crippen LogP contribution in [0.1, 0.15) is 17.6 Å². The Kier molecular flexibility index (Phi) is 5.33. The summed E-state index contributed by atoms with van der Waals surface area (Å²) in [6.45, 7) is 3.56. The summed E-state index contributed by atoms with van der Waals surface area (Å²) in [5.74, 6) is 0.466. The maximum atomic E-state index is 12.2. The number of thiophene rings is 1. The van der Waals surface area contributed by atoms with Crippen molar-refractivity contribution in [1.82, 2.24) is 15.2 Å². The zero-order valence-corrected chi connectivity index (χ0v) is 13.9. The second kappa shape index (κ2) is 6.81. The molecule has 0 aliphatic heterocycles. The van der Waals surface area contributed by atoms with Crippen molar-refractivity contribution in [3.05, 3.63) is 32.8 Å². The highest BCUT2D eigenvalue weighted by atomic mass is 79.9. The summed E-state index contributed by atoms with van der Waals surface area (Å²) >= 11 is 4.70. The number of sulfonamides is 1. The van der Waals surface area contributed by atoms with E-state index in [0.717, 1.165) is 11.4 Å². The maximum absolute atomic E-state index is 12.2. The molecule has 2 rings (SSSR count). The SMILES string of the molecule is CCNCc1cc(S(=O)(=O)NCc2ccno2)c(Br)s1. The Bertz CT molecular complexity index is 653. The van der Waals surface area contributed by atoms with E-state index >= 15 is 0 Å². The van der Waals surface area contributed by atoms with Gasteiger partial charge in [-0.15, -0.1) is 11.3 Å². The molecule has 0 saturated carbocycles. The van der Waals surface area contributed by atoms with Crippen LogP contribution in [0.25, 0.3) is 0 Å². The monoisotopic (exact) mass is 379 g/mol. The van der Waals surface area contributed by atoms with Gasteiger partial charge < -0.3 is 9.84 Å². The number of nitrogens with one attached hydrogen (secondary N) is 2. The number of rotatable bonds is 7. The third kappa shape index (κ3) is 3.89. The third-order valence-corrected chi connectivity index (χ3v) is 6.13. The van der Waals surface area contributed by atoms with Crippen molar-refractivity contribution < 1.29 is 12.9 Å². The summed E-state index contributed by atoms with van der Waals surface area (Å²) in [6, 6.07) is 3.28. The lowest BCUT2D eigenvalue weighted by atomic mass is 10.4. The zero-order valence-electron chi connectivity index (χ0n) is 10.7. The topological polar surface area (TPSA) is 84.2 Å². The lowest BCUT2D eigenvalue weighted by Gasteiger charge is -2.03. The zero-order chi connectivity index (χ0) is 14.6. The molecule has 0 saturated heterocycles. The third-order valence-electron chi connectivity index (χ3n) is 2.47. The van der Waals surface area contributed by atoms with E-state index in [1.54, 1.807) is 12.1 Å². The van der Waals surface area contributed by atoms with Gasteiger partial charge in [-0.1, -0.05) is 12.1 Å². The van der Waals surface area contributed by atoms with Crippen molar-refractivity contribution in [3.63, 3.8) is 0 Å². The van der Waals surface area contributed by atoms with Crippen LogP contribution in [0.15, 0.2) is 31.5 Å². The molecule has 2 aromatic rings. The fourth-order valence-electron chi connectivity index (χ4n) is 1.49. The van der Waals surface area contributed by atoms with Gasteiger partial charge in [0.15, 0.2) is 5.76 Å². The lowest BCUT2D eigenvalue weighted by molar-refractivity contribution is 0.380. The molecular formula is C11H14BrN3O3S2. The fraction of sp³-hybridized carbons (Fsp3) is 0.364. The van der Waals surface area contributed by atoms with Gasteiger partial charge >= 0.3 is 0 Å². The Labute approximate surface area is 129 Å². The molecule has 0 spiro atoms. The molecule has 2 heterocycles. The largest absolute Gasteiger partial charge is 0.360 e. The molecule has 110 valence electrons. The summed E-state index contributed by atoms with van der Waals surface area (Å²) in [4.78, 5) is 1.20. The molecule has 0 unspecified atom stereocenters. The fourth-order valence-corrected chi connectivity index (χ4v) is 5.14. The van der Waals surface area contributed by atoms with E-state index in [9.17, 15) is 8.42 Å². The number of nitrogens with zero attached hydrogens (tertiary/aromatic N) is 1. The van der Waals surface area contributed by atoms with Gasteiger partial charge in [-0.3, -0.25) is 0 Å². The van der Waals surface area contributed by atoms with Crippen molar-refractivity contribution in [3.8, 4) is 0 Å². The second-order valence-electron chi connectivity index (χ2n) is 3.93. The Morgan fingerprint density at radius 3 is 2.90 bits per heavy atom. The Morgan fingerprint density at radius 2 is 2.25 bits per heavy atom. The first-order valence-corrected chi connectivity index (χ1v) is 9.00. The molecule has 0 amide bonds. The molecule has 0 aliphatic carbocycles. The van der Waals surface area contributed by atoms with Gasteiger partial charge in [0.2, 0.25) is 10.0 Å². The summed E-state index contributed by atoms with van der Waals surface area (Å²) in [5, 5.41) is 6.69. The van der Waals surface area contributed by atoms with Gasteiger partial charge in [0.25, 0.3) is 0 Å². The minimum Gasteiger partial charge on any atom is -0.360 e. The molecule has 0 radical (unpaired) electrons. The molecule has 0 bridgehead atoms. The van der Waals surface area contributed by atoms with Gasteiger partial charge in [0.05, 0.1) is 16.5 Å². The maximum Gasteiger partial charge on any atom is 0.242 e. The van der Waals surface area contributed by atoms with Crippen LogP contribution in [0.4, 0.5) is 0 Å². The van der Waals surface area contributed by atoms with E-state index in [1.807, 2.05) is 6.92 Å². The molecule has 0 atom stereocenters. The van der Waals surface area contributed by atoms with Gasteiger partial charge in [-0.05, 0) is 28.5 Å². The van der Waals surface area contributed by atoms with E-state index in [2.05, 4.69) is 31.1 Å². The van der Waals surface area contributed by atoms with Gasteiger partial charge in [0.1, 0.15) is 4.90 Å². The number of aromatic nitrogens is 1. The summed E-state index contributed by atoms with van der Waals surface area (Å²) in [7, 11) is -3.57. The van der Waals surface area contributed by atoms with Gasteiger partial charge in [-0.2, -0.15) is 0 Å². The van der Waals surface area contributed by atoms with Crippen LogP contribution in [0.2, 0.25) is 0 Å². The molecule has 2 aromatic heterocycles. The molecule has 0 aromatic carbocycles. The predicted octanol–water partition coefficient (Wildman–Crippen LogP) is 2.09. The van der Waals surface area contributed by atoms with Crippen LogP contribution in [0.5, 0.6) is 0 Å². The Hall–Kier alpha value is -0.740. The first-order valence-electron chi connectivity index (χ1n) is 5.91. The molecule has 0 aliphatic rings. The van der Waals surface area contributed by atoms with E-state index in [0.29, 0.717) is 16.1 Å². The van der Waals surface area contributed by atoms with Crippen LogP contribution in [-0.4, -0.2) is 20.1 Å².